The molecule has 2 amide bonds. The molecule has 8 nitrogen and oxygen atoms in total. The van der Waals surface area contributed by atoms with Crippen molar-refractivity contribution in [3.63, 3.8) is 0 Å². The Morgan fingerprint density at radius 2 is 2.06 bits per heavy atom. The van der Waals surface area contributed by atoms with Crippen LogP contribution < -0.4 is 10.2 Å². The Labute approximate surface area is 186 Å². The number of nitrogens with one attached hydrogen (secondary N) is 1. The molecule has 0 spiro atoms. The third-order valence-electron chi connectivity index (χ3n) is 5.39. The van der Waals surface area contributed by atoms with Gasteiger partial charge in [-0.15, -0.1) is 0 Å². The first kappa shape index (κ1) is 21.7. The molecule has 0 radical (unpaired) electrons. The number of carbonyl (C=O) groups is 1. The second-order valence-corrected chi connectivity index (χ2v) is 8.10. The lowest BCUT2D eigenvalue weighted by Gasteiger charge is -2.24. The number of rotatable bonds is 5. The maximum atomic E-state index is 13.4. The monoisotopic (exact) mass is 438 g/mol. The molecular formula is C23H27FN6O2. The topological polar surface area (TPSA) is 87.4 Å². The fraction of sp³-hybridized carbons (Fsp3) is 0.391. The highest BCUT2D eigenvalue weighted by molar-refractivity contribution is 5.74. The van der Waals surface area contributed by atoms with Crippen LogP contribution in [0.1, 0.15) is 37.6 Å². The molecule has 1 aromatic carbocycles. The summed E-state index contributed by atoms with van der Waals surface area (Å²) in [6, 6.07) is 9.86. The van der Waals surface area contributed by atoms with E-state index in [1.807, 2.05) is 26.0 Å². The lowest BCUT2D eigenvalue weighted by molar-refractivity contribution is 0.201. The SMILES string of the molecule is CC(C)c1noc(-c2cccnc2N2CCCN(C(=O)NCc3cccc(F)c3)CC2)n1. The molecule has 32 heavy (non-hydrogen) atoms. The summed E-state index contributed by atoms with van der Waals surface area (Å²) in [6.45, 7) is 6.88. The minimum absolute atomic E-state index is 0.157. The molecule has 9 heteroatoms. The van der Waals surface area contributed by atoms with Gasteiger partial charge in [0.15, 0.2) is 5.82 Å². The van der Waals surface area contributed by atoms with Crippen molar-refractivity contribution in [3.8, 4) is 11.5 Å². The van der Waals surface area contributed by atoms with Crippen molar-refractivity contribution in [1.29, 1.82) is 0 Å². The van der Waals surface area contributed by atoms with Gasteiger partial charge in [-0.05, 0) is 36.2 Å². The lowest BCUT2D eigenvalue weighted by atomic mass is 10.2. The van der Waals surface area contributed by atoms with Gasteiger partial charge in [-0.3, -0.25) is 0 Å². The molecule has 1 fully saturated rings. The fourth-order valence-corrected chi connectivity index (χ4v) is 3.66. The first-order chi connectivity index (χ1) is 15.5. The van der Waals surface area contributed by atoms with Crippen molar-refractivity contribution in [1.82, 2.24) is 25.3 Å². The van der Waals surface area contributed by atoms with E-state index in [0.717, 1.165) is 29.9 Å². The first-order valence-corrected chi connectivity index (χ1v) is 10.8. The molecule has 0 aliphatic carbocycles. The van der Waals surface area contributed by atoms with Crippen LogP contribution in [0, 0.1) is 5.82 Å². The second kappa shape index (κ2) is 9.76. The second-order valence-electron chi connectivity index (χ2n) is 8.10. The first-order valence-electron chi connectivity index (χ1n) is 10.8. The highest BCUT2D eigenvalue weighted by Crippen LogP contribution is 2.29. The Morgan fingerprint density at radius 1 is 1.19 bits per heavy atom. The van der Waals surface area contributed by atoms with E-state index in [1.54, 1.807) is 23.2 Å². The summed E-state index contributed by atoms with van der Waals surface area (Å²) in [4.78, 5) is 25.7. The number of aromatic nitrogens is 3. The van der Waals surface area contributed by atoms with Crippen LogP contribution >= 0.6 is 0 Å². The maximum absolute atomic E-state index is 13.4. The van der Waals surface area contributed by atoms with Gasteiger partial charge in [-0.1, -0.05) is 31.1 Å². The van der Waals surface area contributed by atoms with E-state index < -0.39 is 0 Å². The van der Waals surface area contributed by atoms with Gasteiger partial charge in [0.25, 0.3) is 5.89 Å². The summed E-state index contributed by atoms with van der Waals surface area (Å²) in [6.07, 6.45) is 2.54. The van der Waals surface area contributed by atoms with Gasteiger partial charge in [0.1, 0.15) is 11.6 Å². The zero-order valence-corrected chi connectivity index (χ0v) is 18.3. The van der Waals surface area contributed by atoms with Crippen molar-refractivity contribution in [2.75, 3.05) is 31.1 Å². The number of urea groups is 1. The number of hydrogen-bond donors (Lipinski definition) is 1. The van der Waals surface area contributed by atoms with E-state index in [4.69, 9.17) is 4.52 Å². The predicted octanol–water partition coefficient (Wildman–Crippen LogP) is 3.82. The van der Waals surface area contributed by atoms with Crippen LogP contribution in [0.3, 0.4) is 0 Å². The minimum Gasteiger partial charge on any atom is -0.354 e. The van der Waals surface area contributed by atoms with Gasteiger partial charge < -0.3 is 19.6 Å². The minimum atomic E-state index is -0.310. The van der Waals surface area contributed by atoms with Crippen LogP contribution in [0.2, 0.25) is 0 Å². The summed E-state index contributed by atoms with van der Waals surface area (Å²) in [7, 11) is 0. The van der Waals surface area contributed by atoms with E-state index in [0.29, 0.717) is 31.3 Å². The molecule has 0 bridgehead atoms. The normalized spacial score (nSPS) is 14.5. The average molecular weight is 439 g/mol. The molecule has 168 valence electrons. The largest absolute Gasteiger partial charge is 0.354 e. The number of pyridine rings is 1. The summed E-state index contributed by atoms with van der Waals surface area (Å²) in [5.74, 6) is 1.74. The molecule has 1 N–H and O–H groups in total. The number of benzene rings is 1. The summed E-state index contributed by atoms with van der Waals surface area (Å²) >= 11 is 0. The van der Waals surface area contributed by atoms with Crippen LogP contribution in [-0.2, 0) is 6.54 Å². The predicted molar refractivity (Wildman–Crippen MR) is 119 cm³/mol. The molecule has 1 aliphatic heterocycles. The van der Waals surface area contributed by atoms with Crippen LogP contribution in [0.15, 0.2) is 47.1 Å². The van der Waals surface area contributed by atoms with Gasteiger partial charge in [0.2, 0.25) is 0 Å². The van der Waals surface area contributed by atoms with Crippen molar-refractivity contribution >= 4 is 11.8 Å². The van der Waals surface area contributed by atoms with E-state index in [9.17, 15) is 9.18 Å². The van der Waals surface area contributed by atoms with Gasteiger partial charge in [0.05, 0.1) is 5.56 Å². The van der Waals surface area contributed by atoms with Crippen molar-refractivity contribution in [2.24, 2.45) is 0 Å². The molecule has 3 heterocycles. The Bertz CT molecular complexity index is 1070. The van der Waals surface area contributed by atoms with Gasteiger partial charge >= 0.3 is 6.03 Å². The number of hydrogen-bond acceptors (Lipinski definition) is 6. The number of amides is 2. The molecular weight excluding hydrogens is 411 g/mol. The third kappa shape index (κ3) is 5.04. The molecule has 4 rings (SSSR count). The Hall–Kier alpha value is -3.49. The van der Waals surface area contributed by atoms with E-state index in [2.05, 4.69) is 25.3 Å². The van der Waals surface area contributed by atoms with Crippen LogP contribution in [0.5, 0.6) is 0 Å². The zero-order chi connectivity index (χ0) is 22.5. The quantitative estimate of drug-likeness (QED) is 0.652. The van der Waals surface area contributed by atoms with Crippen molar-refractivity contribution in [2.45, 2.75) is 32.7 Å². The molecule has 3 aromatic rings. The molecule has 0 saturated carbocycles. The Morgan fingerprint density at radius 3 is 2.84 bits per heavy atom. The number of halogens is 1. The van der Waals surface area contributed by atoms with Crippen molar-refractivity contribution < 1.29 is 13.7 Å². The highest BCUT2D eigenvalue weighted by atomic mass is 19.1. The van der Waals surface area contributed by atoms with E-state index in [-0.39, 0.29) is 24.3 Å². The van der Waals surface area contributed by atoms with Crippen LogP contribution in [0.25, 0.3) is 11.5 Å². The van der Waals surface area contributed by atoms with Gasteiger partial charge in [-0.2, -0.15) is 4.98 Å². The standard InChI is InChI=1S/C23H27FN6O2/c1-16(2)20-27-22(32-28-20)19-8-4-9-25-21(19)29-10-5-11-30(13-12-29)23(31)26-15-17-6-3-7-18(24)14-17/h3-4,6-9,14,16H,5,10-13,15H2,1-2H3,(H,26,31). The molecule has 0 unspecified atom stereocenters. The van der Waals surface area contributed by atoms with Gasteiger partial charge in [-0.25, -0.2) is 14.2 Å². The molecule has 2 aromatic heterocycles. The summed E-state index contributed by atoms with van der Waals surface area (Å²) in [5.41, 5.74) is 1.52. The van der Waals surface area contributed by atoms with Crippen LogP contribution in [-0.4, -0.2) is 52.2 Å². The smallest absolute Gasteiger partial charge is 0.317 e. The maximum Gasteiger partial charge on any atom is 0.317 e. The average Bonchev–Trinajstić information content (AvgIpc) is 3.16. The molecule has 1 saturated heterocycles. The number of anilines is 1. The Balaban J connectivity index is 1.41. The zero-order valence-electron chi connectivity index (χ0n) is 18.3. The number of carbonyl (C=O) groups excluding carboxylic acids is 1. The lowest BCUT2D eigenvalue weighted by Crippen LogP contribution is -2.41. The van der Waals surface area contributed by atoms with Crippen molar-refractivity contribution in [3.05, 3.63) is 59.8 Å². The van der Waals surface area contributed by atoms with Crippen LogP contribution in [0.4, 0.5) is 15.0 Å². The summed E-state index contributed by atoms with van der Waals surface area (Å²) in [5, 5.41) is 6.95. The van der Waals surface area contributed by atoms with Gasteiger partial charge in [0, 0.05) is 44.8 Å². The molecule has 1 aliphatic rings. The van der Waals surface area contributed by atoms with E-state index in [1.165, 1.54) is 12.1 Å². The third-order valence-corrected chi connectivity index (χ3v) is 5.39. The highest BCUT2D eigenvalue weighted by Gasteiger charge is 2.23. The molecule has 0 atom stereocenters. The summed E-state index contributed by atoms with van der Waals surface area (Å²) < 4.78 is 18.8. The number of nitrogens with zero attached hydrogens (tertiary/aromatic N) is 5. The fourth-order valence-electron chi connectivity index (χ4n) is 3.66. The van der Waals surface area contributed by atoms with E-state index >= 15 is 0 Å². The Kier molecular flexibility index (Phi) is 6.63.